The van der Waals surface area contributed by atoms with Crippen LogP contribution >= 0.6 is 11.6 Å². The van der Waals surface area contributed by atoms with Gasteiger partial charge in [-0.2, -0.15) is 0 Å². The van der Waals surface area contributed by atoms with Crippen molar-refractivity contribution in [2.24, 2.45) is 0 Å². The third kappa shape index (κ3) is 3.53. The van der Waals surface area contributed by atoms with Crippen molar-refractivity contribution in [1.82, 2.24) is 5.32 Å². The van der Waals surface area contributed by atoms with Gasteiger partial charge in [0.1, 0.15) is 0 Å². The molecule has 0 aromatic heterocycles. The second kappa shape index (κ2) is 7.08. The van der Waals surface area contributed by atoms with Gasteiger partial charge in [0.05, 0.1) is 28.3 Å². The number of rotatable bonds is 3. The molecule has 3 rings (SSSR count). The highest BCUT2D eigenvalue weighted by Gasteiger charge is 2.42. The highest BCUT2D eigenvalue weighted by molar-refractivity contribution is 7.95. The summed E-state index contributed by atoms with van der Waals surface area (Å²) in [5.41, 5.74) is 2.36. The predicted molar refractivity (Wildman–Crippen MR) is 101 cm³/mol. The van der Waals surface area contributed by atoms with Crippen LogP contribution in [0.25, 0.3) is 0 Å². The Morgan fingerprint density at radius 3 is 2.54 bits per heavy atom. The number of carbonyl (C=O) groups is 1. The van der Waals surface area contributed by atoms with Crippen LogP contribution in [0, 0.1) is 0 Å². The number of esters is 1. The number of sulfone groups is 1. The van der Waals surface area contributed by atoms with Crippen molar-refractivity contribution >= 4 is 27.4 Å². The van der Waals surface area contributed by atoms with Crippen LogP contribution in [0.2, 0.25) is 5.02 Å². The number of halogens is 1. The third-order valence-electron chi connectivity index (χ3n) is 4.53. The fourth-order valence-electron chi connectivity index (χ4n) is 3.50. The van der Waals surface area contributed by atoms with E-state index in [0.29, 0.717) is 40.4 Å². The van der Waals surface area contributed by atoms with E-state index in [1.165, 1.54) is 0 Å². The van der Waals surface area contributed by atoms with Crippen molar-refractivity contribution in [3.05, 3.63) is 56.7 Å². The molecule has 0 radical (unpaired) electrons. The lowest BCUT2D eigenvalue weighted by molar-refractivity contribution is -0.143. The summed E-state index contributed by atoms with van der Waals surface area (Å²) in [6.07, 6.45) is 0.912. The highest BCUT2D eigenvalue weighted by Crippen LogP contribution is 2.44. The molecule has 2 aliphatic rings. The minimum Gasteiger partial charge on any atom is -0.460 e. The summed E-state index contributed by atoms with van der Waals surface area (Å²) < 4.78 is 31.1. The summed E-state index contributed by atoms with van der Waals surface area (Å²) in [5, 5.41) is 3.69. The van der Waals surface area contributed by atoms with Gasteiger partial charge < -0.3 is 10.1 Å². The summed E-state index contributed by atoms with van der Waals surface area (Å²) in [7, 11) is -3.47. The van der Waals surface area contributed by atoms with Crippen LogP contribution in [0.5, 0.6) is 0 Å². The molecule has 26 heavy (non-hydrogen) atoms. The maximum atomic E-state index is 12.9. The Kier molecular flexibility index (Phi) is 5.17. The first-order chi connectivity index (χ1) is 12.2. The van der Waals surface area contributed by atoms with Crippen molar-refractivity contribution in [3.63, 3.8) is 0 Å². The van der Waals surface area contributed by atoms with Crippen LogP contribution in [0.15, 0.2) is 46.1 Å². The fourth-order valence-corrected chi connectivity index (χ4v) is 5.51. The number of allylic oxidation sites excluding steroid dienone is 3. The van der Waals surface area contributed by atoms with Crippen molar-refractivity contribution in [3.8, 4) is 0 Å². The zero-order valence-electron chi connectivity index (χ0n) is 15.0. The smallest absolute Gasteiger partial charge is 0.337 e. The van der Waals surface area contributed by atoms with Gasteiger partial charge in [-0.3, -0.25) is 0 Å². The van der Waals surface area contributed by atoms with Gasteiger partial charge in [-0.15, -0.1) is 0 Å². The first-order valence-electron chi connectivity index (χ1n) is 8.60. The van der Waals surface area contributed by atoms with E-state index in [9.17, 15) is 13.2 Å². The predicted octanol–water partition coefficient (Wildman–Crippen LogP) is 3.67. The lowest BCUT2D eigenvalue weighted by atomic mass is 9.85. The van der Waals surface area contributed by atoms with Gasteiger partial charge in [-0.1, -0.05) is 23.7 Å². The lowest BCUT2D eigenvalue weighted by Crippen LogP contribution is -2.36. The first-order valence-corrected chi connectivity index (χ1v) is 10.6. The van der Waals surface area contributed by atoms with E-state index in [1.54, 1.807) is 45.0 Å². The lowest BCUT2D eigenvalue weighted by Gasteiger charge is -2.34. The molecule has 0 aliphatic carbocycles. The maximum absolute atomic E-state index is 12.9. The number of ether oxygens (including phenoxy) is 1. The van der Waals surface area contributed by atoms with Crippen LogP contribution in [0.4, 0.5) is 0 Å². The van der Waals surface area contributed by atoms with Gasteiger partial charge in [0.25, 0.3) is 0 Å². The summed E-state index contributed by atoms with van der Waals surface area (Å²) in [6.45, 7) is 5.32. The SMILES string of the molecule is CC1=C(C(=O)OC(C)C)C(c2ccc(Cl)cc2)C2=C(CCCS2(=O)=O)N1. The molecule has 2 aliphatic heterocycles. The Morgan fingerprint density at radius 1 is 1.27 bits per heavy atom. The Hall–Kier alpha value is -1.79. The second-order valence-corrected chi connectivity index (χ2v) is 9.38. The van der Waals surface area contributed by atoms with Crippen LogP contribution in [-0.2, 0) is 19.4 Å². The molecule has 0 bridgehead atoms. The van der Waals surface area contributed by atoms with Crippen molar-refractivity contribution < 1.29 is 17.9 Å². The molecule has 0 spiro atoms. The average Bonchev–Trinajstić information content (AvgIpc) is 2.53. The number of nitrogens with one attached hydrogen (secondary N) is 1. The van der Waals surface area contributed by atoms with E-state index in [0.717, 1.165) is 0 Å². The molecule has 0 amide bonds. The zero-order valence-corrected chi connectivity index (χ0v) is 16.6. The summed E-state index contributed by atoms with van der Waals surface area (Å²) in [6, 6.07) is 6.94. The molecule has 2 heterocycles. The van der Waals surface area contributed by atoms with Crippen molar-refractivity contribution in [2.45, 2.75) is 45.6 Å². The van der Waals surface area contributed by atoms with E-state index in [-0.39, 0.29) is 16.8 Å². The molecule has 140 valence electrons. The largest absolute Gasteiger partial charge is 0.460 e. The third-order valence-corrected chi connectivity index (χ3v) is 6.76. The Bertz CT molecular complexity index is 898. The normalized spacial score (nSPS) is 22.1. The van der Waals surface area contributed by atoms with Gasteiger partial charge in [0, 0.05) is 16.4 Å². The van der Waals surface area contributed by atoms with E-state index in [1.807, 2.05) is 0 Å². The number of benzene rings is 1. The maximum Gasteiger partial charge on any atom is 0.337 e. The minimum atomic E-state index is -3.47. The molecule has 1 aromatic carbocycles. The summed E-state index contributed by atoms with van der Waals surface area (Å²) in [5.74, 6) is -1.10. The minimum absolute atomic E-state index is 0.0865. The molecule has 0 saturated heterocycles. The van der Waals surface area contributed by atoms with Gasteiger partial charge in [-0.25, -0.2) is 13.2 Å². The molecule has 1 unspecified atom stereocenters. The fraction of sp³-hybridized carbons (Fsp3) is 0.421. The molecule has 1 N–H and O–H groups in total. The van der Waals surface area contributed by atoms with Gasteiger partial charge in [0.15, 0.2) is 9.84 Å². The summed E-state index contributed by atoms with van der Waals surface area (Å²) in [4.78, 5) is 13.1. The molecule has 1 atom stereocenters. The zero-order chi connectivity index (χ0) is 19.1. The van der Waals surface area contributed by atoms with Crippen molar-refractivity contribution in [1.29, 1.82) is 0 Å². The standard InChI is InChI=1S/C19H22ClNO4S/c1-11(2)25-19(22)16-12(3)21-15-5-4-10-26(23,24)18(15)17(16)13-6-8-14(20)9-7-13/h6-9,11,17,21H,4-5,10H2,1-3H3. The molecule has 7 heteroatoms. The number of hydrogen-bond acceptors (Lipinski definition) is 5. The van der Waals surface area contributed by atoms with E-state index >= 15 is 0 Å². The van der Waals surface area contributed by atoms with Crippen LogP contribution in [-0.4, -0.2) is 26.2 Å². The molecular formula is C19H22ClNO4S. The van der Waals surface area contributed by atoms with Gasteiger partial charge in [0.2, 0.25) is 0 Å². The van der Waals surface area contributed by atoms with Gasteiger partial charge >= 0.3 is 5.97 Å². The summed E-state index contributed by atoms with van der Waals surface area (Å²) >= 11 is 5.99. The number of dihydropyridines is 1. The quantitative estimate of drug-likeness (QED) is 0.790. The molecule has 0 saturated carbocycles. The van der Waals surface area contributed by atoms with Crippen LogP contribution in [0.1, 0.15) is 45.1 Å². The molecule has 0 fully saturated rings. The Balaban J connectivity index is 2.20. The van der Waals surface area contributed by atoms with Crippen LogP contribution < -0.4 is 5.32 Å². The average molecular weight is 396 g/mol. The van der Waals surface area contributed by atoms with Crippen molar-refractivity contribution in [2.75, 3.05) is 5.75 Å². The van der Waals surface area contributed by atoms with E-state index < -0.39 is 21.7 Å². The van der Waals surface area contributed by atoms with E-state index in [2.05, 4.69) is 5.32 Å². The monoisotopic (exact) mass is 395 g/mol. The molecular weight excluding hydrogens is 374 g/mol. The highest BCUT2D eigenvalue weighted by atomic mass is 35.5. The topological polar surface area (TPSA) is 72.5 Å². The van der Waals surface area contributed by atoms with Crippen LogP contribution in [0.3, 0.4) is 0 Å². The molecule has 5 nitrogen and oxygen atoms in total. The number of carbonyl (C=O) groups excluding carboxylic acids is 1. The first kappa shape index (κ1) is 19.0. The Labute approximate surface area is 159 Å². The molecule has 1 aromatic rings. The van der Waals surface area contributed by atoms with Gasteiger partial charge in [-0.05, 0) is 51.3 Å². The second-order valence-electron chi connectivity index (χ2n) is 6.87. The van der Waals surface area contributed by atoms with E-state index in [4.69, 9.17) is 16.3 Å². The number of hydrogen-bond donors (Lipinski definition) is 1. The Morgan fingerprint density at radius 2 is 1.92 bits per heavy atom.